The van der Waals surface area contributed by atoms with Gasteiger partial charge in [0.05, 0.1) is 5.03 Å². The Balaban J connectivity index is 2.31. The first-order valence-corrected chi connectivity index (χ1v) is 7.53. The molecule has 0 unspecified atom stereocenters. The van der Waals surface area contributed by atoms with Crippen molar-refractivity contribution >= 4 is 45.6 Å². The zero-order valence-corrected chi connectivity index (χ0v) is 13.8. The number of hydrogen-bond donors (Lipinski definition) is 0. The molecular weight excluding hydrogens is 308 g/mol. The Bertz CT molecular complexity index is 594. The van der Waals surface area contributed by atoms with Crippen molar-refractivity contribution in [2.24, 2.45) is 0 Å². The molecule has 1 aliphatic rings. The Morgan fingerprint density at radius 2 is 1.86 bits per heavy atom. The maximum absolute atomic E-state index is 12.0. The Labute approximate surface area is 134 Å². The Hall–Kier alpha value is -1.59. The Kier molecular flexibility index (Phi) is 4.85. The van der Waals surface area contributed by atoms with Crippen LogP contribution in [0.1, 0.15) is 19.4 Å². The summed E-state index contributed by atoms with van der Waals surface area (Å²) in [4.78, 5) is 15.4. The largest absolute Gasteiger partial charge is 0.424 e. The summed E-state index contributed by atoms with van der Waals surface area (Å²) >= 11 is 11.2. The van der Waals surface area contributed by atoms with Crippen LogP contribution in [0.3, 0.4) is 0 Å². The van der Waals surface area contributed by atoms with E-state index in [1.54, 1.807) is 7.05 Å². The van der Waals surface area contributed by atoms with E-state index in [0.29, 0.717) is 0 Å². The van der Waals surface area contributed by atoms with E-state index in [-0.39, 0.29) is 21.9 Å². The number of anilines is 1. The van der Waals surface area contributed by atoms with Gasteiger partial charge in [0.1, 0.15) is 0 Å². The van der Waals surface area contributed by atoms with Crippen LogP contribution in [0.2, 0.25) is 0 Å². The maximum Gasteiger partial charge on any atom is 0.298 e. The zero-order valence-electron chi connectivity index (χ0n) is 12.2. The van der Waals surface area contributed by atoms with Crippen molar-refractivity contribution in [3.05, 3.63) is 35.6 Å². The van der Waals surface area contributed by atoms with Crippen molar-refractivity contribution in [1.29, 1.82) is 0 Å². The van der Waals surface area contributed by atoms with Crippen LogP contribution in [-0.4, -0.2) is 36.1 Å². The number of likely N-dealkylation sites (N-methyl/N-ethyl adjacent to an activating group) is 1. The first kappa shape index (κ1) is 15.8. The number of rotatable bonds is 4. The fraction of sp³-hybridized carbons (Fsp3) is 0.333. The summed E-state index contributed by atoms with van der Waals surface area (Å²) in [5.74, 6) is -0.238. The molecule has 4 nitrogen and oxygen atoms in total. The molecule has 1 fully saturated rings. The monoisotopic (exact) mass is 324 g/mol. The molecule has 1 aromatic rings. The second-order valence-corrected chi connectivity index (χ2v) is 5.32. The minimum Gasteiger partial charge on any atom is -0.424 e. The first-order valence-electron chi connectivity index (χ1n) is 6.74. The fourth-order valence-corrected chi connectivity index (χ4v) is 2.52. The predicted octanol–water partition coefficient (Wildman–Crippen LogP) is 3.21. The predicted molar refractivity (Wildman–Crippen MR) is 89.2 cm³/mol. The number of benzene rings is 1. The van der Waals surface area contributed by atoms with Crippen molar-refractivity contribution in [3.63, 3.8) is 0 Å². The van der Waals surface area contributed by atoms with E-state index >= 15 is 0 Å². The normalized spacial score (nSPS) is 17.0. The smallest absolute Gasteiger partial charge is 0.298 e. The molecule has 0 aromatic heterocycles. The van der Waals surface area contributed by atoms with E-state index in [2.05, 4.69) is 18.7 Å². The molecule has 6 heteroatoms. The molecule has 1 aromatic carbocycles. The van der Waals surface area contributed by atoms with Gasteiger partial charge in [-0.2, -0.15) is 0 Å². The molecule has 0 saturated carbocycles. The third-order valence-electron chi connectivity index (χ3n) is 3.41. The molecule has 1 aliphatic heterocycles. The van der Waals surface area contributed by atoms with Gasteiger partial charge in [0.15, 0.2) is 0 Å². The van der Waals surface area contributed by atoms with Gasteiger partial charge in [0, 0.05) is 25.8 Å². The number of halogens is 1. The highest BCUT2D eigenvalue weighted by atomic mass is 35.5. The number of hydrogen-bond acceptors (Lipinski definition) is 4. The molecule has 0 radical (unpaired) electrons. The van der Waals surface area contributed by atoms with Crippen molar-refractivity contribution in [2.45, 2.75) is 13.8 Å². The molecule has 112 valence electrons. The van der Waals surface area contributed by atoms with Gasteiger partial charge in [-0.3, -0.25) is 9.69 Å². The summed E-state index contributed by atoms with van der Waals surface area (Å²) in [5.41, 5.74) is 1.85. The summed E-state index contributed by atoms with van der Waals surface area (Å²) in [7, 11) is 1.56. The molecule has 1 heterocycles. The third-order valence-corrected chi connectivity index (χ3v) is 4.16. The second-order valence-electron chi connectivity index (χ2n) is 4.59. The molecule has 21 heavy (non-hydrogen) atoms. The molecule has 0 atom stereocenters. The van der Waals surface area contributed by atoms with Crippen molar-refractivity contribution in [3.8, 4) is 0 Å². The molecular formula is C15H17ClN2O2S. The quantitative estimate of drug-likeness (QED) is 0.629. The standard InChI is InChI=1S/C15H17ClN2O2S/c1-4-18(5-2)11-8-6-10(7-9-11)12(16)13-14(19)17(3)15(21)20-13/h6-9H,4-5H2,1-3H3. The Morgan fingerprint density at radius 1 is 1.29 bits per heavy atom. The van der Waals surface area contributed by atoms with Crippen LogP contribution >= 0.6 is 23.8 Å². The van der Waals surface area contributed by atoms with Crippen LogP contribution in [0, 0.1) is 0 Å². The van der Waals surface area contributed by atoms with Crippen LogP contribution in [0.5, 0.6) is 0 Å². The number of nitrogens with zero attached hydrogens (tertiary/aromatic N) is 2. The number of amides is 1. The average molecular weight is 325 g/mol. The summed E-state index contributed by atoms with van der Waals surface area (Å²) in [6.45, 7) is 6.08. The summed E-state index contributed by atoms with van der Waals surface area (Å²) in [6.07, 6.45) is 0. The molecule has 0 spiro atoms. The highest BCUT2D eigenvalue weighted by Crippen LogP contribution is 2.30. The lowest BCUT2D eigenvalue weighted by atomic mass is 10.1. The van der Waals surface area contributed by atoms with Gasteiger partial charge in [0.25, 0.3) is 11.1 Å². The van der Waals surface area contributed by atoms with E-state index in [4.69, 9.17) is 28.6 Å². The lowest BCUT2D eigenvalue weighted by Crippen LogP contribution is -2.23. The maximum atomic E-state index is 12.0. The van der Waals surface area contributed by atoms with Crippen molar-refractivity contribution in [2.75, 3.05) is 25.0 Å². The minimum atomic E-state index is -0.321. The fourth-order valence-electron chi connectivity index (χ4n) is 2.11. The molecule has 0 aliphatic carbocycles. The van der Waals surface area contributed by atoms with Gasteiger partial charge in [-0.15, -0.1) is 0 Å². The summed E-state index contributed by atoms with van der Waals surface area (Å²) in [5, 5.41) is 0.394. The van der Waals surface area contributed by atoms with Gasteiger partial charge >= 0.3 is 0 Å². The zero-order chi connectivity index (χ0) is 15.6. The minimum absolute atomic E-state index is 0.0831. The summed E-state index contributed by atoms with van der Waals surface area (Å²) < 4.78 is 5.27. The lowest BCUT2D eigenvalue weighted by Gasteiger charge is -2.21. The first-order chi connectivity index (χ1) is 9.99. The number of ether oxygens (including phenoxy) is 1. The van der Waals surface area contributed by atoms with E-state index in [1.807, 2.05) is 24.3 Å². The van der Waals surface area contributed by atoms with Crippen LogP contribution in [0.15, 0.2) is 30.0 Å². The Morgan fingerprint density at radius 3 is 2.29 bits per heavy atom. The van der Waals surface area contributed by atoms with Crippen molar-refractivity contribution in [1.82, 2.24) is 4.90 Å². The number of carbonyl (C=O) groups is 1. The SMILES string of the molecule is CCN(CC)c1ccc(C(Cl)=C2OC(=S)N(C)C2=O)cc1. The second kappa shape index (κ2) is 6.45. The van der Waals surface area contributed by atoms with E-state index < -0.39 is 0 Å². The molecule has 1 amide bonds. The number of carbonyl (C=O) groups excluding carboxylic acids is 1. The van der Waals surface area contributed by atoms with Crippen LogP contribution in [0.25, 0.3) is 5.03 Å². The van der Waals surface area contributed by atoms with Gasteiger partial charge in [-0.25, -0.2) is 0 Å². The summed E-state index contributed by atoms with van der Waals surface area (Å²) in [6, 6.07) is 7.71. The van der Waals surface area contributed by atoms with Crippen LogP contribution in [-0.2, 0) is 9.53 Å². The van der Waals surface area contributed by atoms with Gasteiger partial charge < -0.3 is 9.64 Å². The van der Waals surface area contributed by atoms with E-state index in [1.165, 1.54) is 4.90 Å². The van der Waals surface area contributed by atoms with Gasteiger partial charge in [0.2, 0.25) is 5.76 Å². The van der Waals surface area contributed by atoms with Gasteiger partial charge in [-0.1, -0.05) is 23.7 Å². The van der Waals surface area contributed by atoms with Crippen LogP contribution < -0.4 is 4.90 Å². The van der Waals surface area contributed by atoms with Crippen LogP contribution in [0.4, 0.5) is 5.69 Å². The molecule has 2 rings (SSSR count). The highest BCUT2D eigenvalue weighted by molar-refractivity contribution is 7.80. The third kappa shape index (κ3) is 3.04. The number of thiocarbonyl (C=S) groups is 1. The van der Waals surface area contributed by atoms with Crippen molar-refractivity contribution < 1.29 is 9.53 Å². The van der Waals surface area contributed by atoms with E-state index in [9.17, 15) is 4.79 Å². The average Bonchev–Trinajstić information content (AvgIpc) is 2.76. The topological polar surface area (TPSA) is 32.8 Å². The molecule has 1 saturated heterocycles. The highest BCUT2D eigenvalue weighted by Gasteiger charge is 2.33. The molecule has 0 bridgehead atoms. The van der Waals surface area contributed by atoms with E-state index in [0.717, 1.165) is 24.3 Å². The molecule has 0 N–H and O–H groups in total. The van der Waals surface area contributed by atoms with Gasteiger partial charge in [-0.05, 0) is 43.8 Å². The lowest BCUT2D eigenvalue weighted by molar-refractivity contribution is -0.122.